The molecule has 0 bridgehead atoms. The molecule has 0 atom stereocenters. The fourth-order valence-electron chi connectivity index (χ4n) is 2.50. The van der Waals surface area contributed by atoms with Gasteiger partial charge in [0, 0.05) is 28.5 Å². The molecule has 1 aromatic heterocycles. The maximum Gasteiger partial charge on any atom is 0.272 e. The molecular formula is C18H16ClN3O3. The summed E-state index contributed by atoms with van der Waals surface area (Å²) >= 11 is 5.96. The van der Waals surface area contributed by atoms with Crippen molar-refractivity contribution in [2.24, 2.45) is 0 Å². The summed E-state index contributed by atoms with van der Waals surface area (Å²) in [6.07, 6.45) is 0. The first-order valence-electron chi connectivity index (χ1n) is 7.51. The zero-order valence-electron chi connectivity index (χ0n) is 13.6. The van der Waals surface area contributed by atoms with Crippen molar-refractivity contribution >= 4 is 45.7 Å². The number of hydrogen-bond acceptors (Lipinski definition) is 3. The Bertz CT molecular complexity index is 965. The number of H-pyrrole nitrogens is 1. The Morgan fingerprint density at radius 2 is 1.88 bits per heavy atom. The Morgan fingerprint density at radius 1 is 1.08 bits per heavy atom. The van der Waals surface area contributed by atoms with E-state index in [0.29, 0.717) is 27.8 Å². The number of halogens is 1. The van der Waals surface area contributed by atoms with Crippen LogP contribution in [0.1, 0.15) is 17.4 Å². The number of methoxy groups -OCH3 is 1. The van der Waals surface area contributed by atoms with Gasteiger partial charge in [0.05, 0.1) is 12.8 Å². The summed E-state index contributed by atoms with van der Waals surface area (Å²) in [5.74, 6) is -0.0195. The van der Waals surface area contributed by atoms with Gasteiger partial charge in [0.15, 0.2) is 0 Å². The van der Waals surface area contributed by atoms with Crippen LogP contribution >= 0.6 is 11.6 Å². The minimum Gasteiger partial charge on any atom is -0.495 e. The van der Waals surface area contributed by atoms with Gasteiger partial charge in [-0.25, -0.2) is 0 Å². The van der Waals surface area contributed by atoms with Gasteiger partial charge in [-0.2, -0.15) is 0 Å². The van der Waals surface area contributed by atoms with Crippen LogP contribution in [0.2, 0.25) is 5.02 Å². The molecule has 0 radical (unpaired) electrons. The molecule has 3 aromatic rings. The van der Waals surface area contributed by atoms with E-state index in [1.54, 1.807) is 36.4 Å². The molecule has 3 rings (SSSR count). The average molecular weight is 358 g/mol. The second kappa shape index (κ2) is 6.86. The van der Waals surface area contributed by atoms with Gasteiger partial charge in [0.1, 0.15) is 11.4 Å². The number of aromatic amines is 1. The number of fused-ring (bicyclic) bond motifs is 1. The number of carbonyl (C=O) groups excluding carboxylic acids is 2. The summed E-state index contributed by atoms with van der Waals surface area (Å²) in [7, 11) is 1.51. The van der Waals surface area contributed by atoms with Gasteiger partial charge in [-0.15, -0.1) is 0 Å². The minimum atomic E-state index is -0.300. The fourth-order valence-corrected chi connectivity index (χ4v) is 2.68. The molecule has 0 saturated heterocycles. The molecule has 0 aliphatic carbocycles. The lowest BCUT2D eigenvalue weighted by Gasteiger charge is -2.11. The van der Waals surface area contributed by atoms with Crippen molar-refractivity contribution in [3.63, 3.8) is 0 Å². The summed E-state index contributed by atoms with van der Waals surface area (Å²) in [6.45, 7) is 1.40. The summed E-state index contributed by atoms with van der Waals surface area (Å²) in [5.41, 5.74) is 2.25. The van der Waals surface area contributed by atoms with Crippen LogP contribution in [0.25, 0.3) is 10.9 Å². The topological polar surface area (TPSA) is 83.2 Å². The largest absolute Gasteiger partial charge is 0.495 e. The van der Waals surface area contributed by atoms with E-state index in [1.165, 1.54) is 14.0 Å². The second-order valence-electron chi connectivity index (χ2n) is 5.46. The molecule has 0 spiro atoms. The maximum absolute atomic E-state index is 12.5. The van der Waals surface area contributed by atoms with Crippen molar-refractivity contribution in [1.82, 2.24) is 4.98 Å². The molecule has 7 heteroatoms. The first-order valence-corrected chi connectivity index (χ1v) is 7.89. The molecule has 6 nitrogen and oxygen atoms in total. The molecule has 128 valence electrons. The van der Waals surface area contributed by atoms with E-state index in [0.717, 1.165) is 10.9 Å². The number of amides is 2. The molecule has 25 heavy (non-hydrogen) atoms. The Hall–Kier alpha value is -2.99. The third-order valence-electron chi connectivity index (χ3n) is 3.60. The number of aromatic nitrogens is 1. The molecule has 2 amide bonds. The third-order valence-corrected chi connectivity index (χ3v) is 3.83. The average Bonchev–Trinajstić information content (AvgIpc) is 2.98. The van der Waals surface area contributed by atoms with Crippen molar-refractivity contribution in [3.05, 3.63) is 53.2 Å². The van der Waals surface area contributed by atoms with E-state index < -0.39 is 0 Å². The molecule has 0 fully saturated rings. The van der Waals surface area contributed by atoms with Gasteiger partial charge in [-0.1, -0.05) is 11.6 Å². The first kappa shape index (κ1) is 16.9. The predicted molar refractivity (Wildman–Crippen MR) is 98.6 cm³/mol. The van der Waals surface area contributed by atoms with E-state index in [1.807, 2.05) is 6.07 Å². The number of carbonyl (C=O) groups is 2. The monoisotopic (exact) mass is 357 g/mol. The Balaban J connectivity index is 1.85. The molecular weight excluding hydrogens is 342 g/mol. The van der Waals surface area contributed by atoms with E-state index in [4.69, 9.17) is 16.3 Å². The fraction of sp³-hybridized carbons (Fsp3) is 0.111. The molecule has 0 aliphatic rings. The SMILES string of the molecule is COc1ccc(NC(=O)c2cc3cc(Cl)ccc3[nH]2)cc1NC(C)=O. The van der Waals surface area contributed by atoms with Crippen molar-refractivity contribution in [3.8, 4) is 5.75 Å². The minimum absolute atomic E-state index is 0.228. The van der Waals surface area contributed by atoms with Gasteiger partial charge in [-0.05, 0) is 42.5 Å². The quantitative estimate of drug-likeness (QED) is 0.659. The summed E-state index contributed by atoms with van der Waals surface area (Å²) in [5, 5.41) is 6.91. The normalized spacial score (nSPS) is 10.5. The summed E-state index contributed by atoms with van der Waals surface area (Å²) in [6, 6.07) is 12.1. The zero-order valence-corrected chi connectivity index (χ0v) is 14.4. The summed E-state index contributed by atoms with van der Waals surface area (Å²) in [4.78, 5) is 26.8. The second-order valence-corrected chi connectivity index (χ2v) is 5.90. The lowest BCUT2D eigenvalue weighted by molar-refractivity contribution is -0.114. The highest BCUT2D eigenvalue weighted by molar-refractivity contribution is 6.31. The zero-order chi connectivity index (χ0) is 18.0. The summed E-state index contributed by atoms with van der Waals surface area (Å²) < 4.78 is 5.20. The van der Waals surface area contributed by atoms with Gasteiger partial charge < -0.3 is 20.4 Å². The number of ether oxygens (including phenoxy) is 1. The van der Waals surface area contributed by atoms with Crippen LogP contribution in [0.3, 0.4) is 0 Å². The molecule has 3 N–H and O–H groups in total. The first-order chi connectivity index (χ1) is 12.0. The molecule has 0 saturated carbocycles. The lowest BCUT2D eigenvalue weighted by Crippen LogP contribution is -2.13. The molecule has 0 unspecified atom stereocenters. The predicted octanol–water partition coefficient (Wildman–Crippen LogP) is 4.04. The van der Waals surface area contributed by atoms with Crippen LogP contribution in [-0.4, -0.2) is 23.9 Å². The van der Waals surface area contributed by atoms with E-state index >= 15 is 0 Å². The van der Waals surface area contributed by atoms with Crippen LogP contribution in [0.15, 0.2) is 42.5 Å². The molecule has 0 aliphatic heterocycles. The Kier molecular flexibility index (Phi) is 4.63. The number of nitrogens with one attached hydrogen (secondary N) is 3. The van der Waals surface area contributed by atoms with Gasteiger partial charge in [0.2, 0.25) is 5.91 Å². The van der Waals surface area contributed by atoms with Crippen molar-refractivity contribution in [1.29, 1.82) is 0 Å². The van der Waals surface area contributed by atoms with Crippen molar-refractivity contribution < 1.29 is 14.3 Å². The standard InChI is InChI=1S/C18H16ClN3O3/c1-10(23)20-15-9-13(4-6-17(15)25-2)21-18(24)16-8-11-7-12(19)3-5-14(11)22-16/h3-9,22H,1-2H3,(H,20,23)(H,21,24). The van der Waals surface area contributed by atoms with Crippen LogP contribution < -0.4 is 15.4 Å². The van der Waals surface area contributed by atoms with Crippen LogP contribution in [0.5, 0.6) is 5.75 Å². The molecule has 1 heterocycles. The Labute approximate surface area is 149 Å². The van der Waals surface area contributed by atoms with E-state index in [-0.39, 0.29) is 11.8 Å². The van der Waals surface area contributed by atoms with Gasteiger partial charge in [-0.3, -0.25) is 9.59 Å². The van der Waals surface area contributed by atoms with Gasteiger partial charge in [0.25, 0.3) is 5.91 Å². The van der Waals surface area contributed by atoms with Crippen LogP contribution in [0.4, 0.5) is 11.4 Å². The number of rotatable bonds is 4. The maximum atomic E-state index is 12.5. The number of benzene rings is 2. The smallest absolute Gasteiger partial charge is 0.272 e. The highest BCUT2D eigenvalue weighted by Crippen LogP contribution is 2.28. The third kappa shape index (κ3) is 3.75. The lowest BCUT2D eigenvalue weighted by atomic mass is 10.2. The van der Waals surface area contributed by atoms with E-state index in [2.05, 4.69) is 15.6 Å². The van der Waals surface area contributed by atoms with Crippen LogP contribution in [-0.2, 0) is 4.79 Å². The van der Waals surface area contributed by atoms with Crippen molar-refractivity contribution in [2.45, 2.75) is 6.92 Å². The Morgan fingerprint density at radius 3 is 2.60 bits per heavy atom. The molecule has 2 aromatic carbocycles. The van der Waals surface area contributed by atoms with Crippen LogP contribution in [0, 0.1) is 0 Å². The highest BCUT2D eigenvalue weighted by atomic mass is 35.5. The number of hydrogen-bond donors (Lipinski definition) is 3. The number of anilines is 2. The highest BCUT2D eigenvalue weighted by Gasteiger charge is 2.12. The van der Waals surface area contributed by atoms with E-state index in [9.17, 15) is 9.59 Å². The van der Waals surface area contributed by atoms with Crippen molar-refractivity contribution in [2.75, 3.05) is 17.7 Å². The van der Waals surface area contributed by atoms with Gasteiger partial charge >= 0.3 is 0 Å².